The highest BCUT2D eigenvalue weighted by molar-refractivity contribution is 6.28. The molecule has 0 aliphatic carbocycles. The first-order chi connectivity index (χ1) is 11.3. The van der Waals surface area contributed by atoms with E-state index in [-0.39, 0.29) is 10.8 Å². The zero-order valence-corrected chi connectivity index (χ0v) is 15.3. The van der Waals surface area contributed by atoms with Gasteiger partial charge in [-0.05, 0) is 54.3 Å². The van der Waals surface area contributed by atoms with E-state index in [1.54, 1.807) is 6.20 Å². The van der Waals surface area contributed by atoms with Crippen LogP contribution in [0.15, 0.2) is 30.5 Å². The normalized spacial score (nSPS) is 13.4. The number of ether oxygens (including phenoxy) is 1. The molecular formula is C19H23ClN3O+. The second kappa shape index (κ2) is 7.63. The Labute approximate surface area is 148 Å². The minimum atomic E-state index is -0.389. The second-order valence-corrected chi connectivity index (χ2v) is 7.04. The van der Waals surface area contributed by atoms with Crippen molar-refractivity contribution >= 4 is 11.6 Å². The number of hydrogen-bond donors (Lipinski definition) is 0. The summed E-state index contributed by atoms with van der Waals surface area (Å²) in [6, 6.07) is 7.74. The minimum Gasteiger partial charge on any atom is -0.485 e. The van der Waals surface area contributed by atoms with E-state index in [0.717, 1.165) is 29.0 Å². The van der Waals surface area contributed by atoms with Crippen molar-refractivity contribution in [3.63, 3.8) is 0 Å². The maximum atomic E-state index is 5.98. The molecule has 0 amide bonds. The number of aryl methyl sites for hydroxylation is 1. The topological polar surface area (TPSA) is 39.4 Å². The molecule has 0 saturated carbocycles. The van der Waals surface area contributed by atoms with Crippen molar-refractivity contribution < 1.29 is 4.74 Å². The largest absolute Gasteiger partial charge is 0.485 e. The highest BCUT2D eigenvalue weighted by Crippen LogP contribution is 2.28. The van der Waals surface area contributed by atoms with Gasteiger partial charge in [0.1, 0.15) is 5.75 Å². The maximum Gasteiger partial charge on any atom is 0.311 e. The lowest BCUT2D eigenvalue weighted by molar-refractivity contribution is 0.233. The smallest absolute Gasteiger partial charge is 0.311 e. The van der Waals surface area contributed by atoms with Crippen molar-refractivity contribution in [2.75, 3.05) is 6.61 Å². The van der Waals surface area contributed by atoms with Gasteiger partial charge in [0.05, 0.1) is 5.69 Å². The first-order valence-electron chi connectivity index (χ1n) is 7.97. The monoisotopic (exact) mass is 344 g/mol. The lowest BCUT2D eigenvalue weighted by Crippen LogP contribution is -2.30. The van der Waals surface area contributed by atoms with Gasteiger partial charge in [0.2, 0.25) is 5.28 Å². The third-order valence-corrected chi connectivity index (χ3v) is 3.98. The summed E-state index contributed by atoms with van der Waals surface area (Å²) < 4.78 is 5.98. The third-order valence-electron chi connectivity index (χ3n) is 3.80. The standard InChI is InChI=1S/C19H23ClN3O/c1-13(2)11-19(4,21-5)12-24-17-7-6-15(10-14(17)3)16-8-9-22-18(20)23-16/h5-10,13H,11-12H2,1-4H3/q+1/t19-/m0/s1. The zero-order chi connectivity index (χ0) is 17.7. The molecule has 126 valence electrons. The van der Waals surface area contributed by atoms with Gasteiger partial charge in [-0.3, -0.25) is 0 Å². The van der Waals surface area contributed by atoms with Crippen LogP contribution in [0.3, 0.4) is 0 Å². The fraction of sp³-hybridized carbons (Fsp3) is 0.421. The molecular weight excluding hydrogens is 322 g/mol. The summed E-state index contributed by atoms with van der Waals surface area (Å²) in [4.78, 5) is 12.2. The van der Waals surface area contributed by atoms with Gasteiger partial charge < -0.3 is 4.74 Å². The van der Waals surface area contributed by atoms with E-state index < -0.39 is 0 Å². The fourth-order valence-corrected chi connectivity index (χ4v) is 2.88. The lowest BCUT2D eigenvalue weighted by Gasteiger charge is -2.17. The van der Waals surface area contributed by atoms with Gasteiger partial charge in [-0.2, -0.15) is 0 Å². The van der Waals surface area contributed by atoms with Gasteiger partial charge in [0, 0.05) is 25.1 Å². The number of rotatable bonds is 6. The Morgan fingerprint density at radius 1 is 1.33 bits per heavy atom. The Kier molecular flexibility index (Phi) is 5.80. The van der Waals surface area contributed by atoms with E-state index in [0.29, 0.717) is 12.5 Å². The Morgan fingerprint density at radius 3 is 2.67 bits per heavy atom. The Bertz CT molecular complexity index is 755. The van der Waals surface area contributed by atoms with Gasteiger partial charge in [-0.25, -0.2) is 9.97 Å². The fourth-order valence-electron chi connectivity index (χ4n) is 2.73. The molecule has 0 N–H and O–H groups in total. The summed E-state index contributed by atoms with van der Waals surface area (Å²) in [6.45, 7) is 14.3. The van der Waals surface area contributed by atoms with Gasteiger partial charge in [-0.1, -0.05) is 18.7 Å². The molecule has 0 bridgehead atoms. The average Bonchev–Trinajstić information content (AvgIpc) is 2.53. The van der Waals surface area contributed by atoms with Crippen LogP contribution in [0.4, 0.5) is 0 Å². The van der Waals surface area contributed by atoms with Crippen molar-refractivity contribution in [2.24, 2.45) is 5.92 Å². The van der Waals surface area contributed by atoms with Gasteiger partial charge in [-0.15, -0.1) is 0 Å². The summed E-state index contributed by atoms with van der Waals surface area (Å²) >= 11 is 5.85. The van der Waals surface area contributed by atoms with Gasteiger partial charge in [0.25, 0.3) is 6.57 Å². The van der Waals surface area contributed by atoms with Crippen molar-refractivity contribution in [3.8, 4) is 23.6 Å². The first-order valence-corrected chi connectivity index (χ1v) is 8.35. The third kappa shape index (κ3) is 4.69. The Morgan fingerprint density at radius 2 is 2.08 bits per heavy atom. The van der Waals surface area contributed by atoms with Crippen LogP contribution in [-0.4, -0.2) is 22.1 Å². The molecule has 0 spiro atoms. The molecule has 0 aliphatic heterocycles. The summed E-state index contributed by atoms with van der Waals surface area (Å²) in [5, 5.41) is 0.236. The Balaban J connectivity index is 2.14. The molecule has 0 saturated heterocycles. The average molecular weight is 345 g/mol. The van der Waals surface area contributed by atoms with Crippen LogP contribution in [0.5, 0.6) is 5.75 Å². The number of nitrogens with zero attached hydrogens (tertiary/aromatic N) is 3. The van der Waals surface area contributed by atoms with E-state index >= 15 is 0 Å². The molecule has 5 heteroatoms. The molecule has 0 radical (unpaired) electrons. The van der Waals surface area contributed by atoms with E-state index in [2.05, 4.69) is 28.7 Å². The number of aromatic nitrogens is 2. The molecule has 1 atom stereocenters. The van der Waals surface area contributed by atoms with Crippen molar-refractivity contribution in [1.29, 1.82) is 0 Å². The second-order valence-electron chi connectivity index (χ2n) is 6.70. The van der Waals surface area contributed by atoms with Crippen molar-refractivity contribution in [1.82, 2.24) is 9.97 Å². The zero-order valence-electron chi connectivity index (χ0n) is 14.6. The molecule has 0 fully saturated rings. The molecule has 2 rings (SSSR count). The molecule has 0 aliphatic rings. The highest BCUT2D eigenvalue weighted by atomic mass is 35.5. The lowest BCUT2D eigenvalue weighted by atomic mass is 9.92. The maximum absolute atomic E-state index is 5.98. The van der Waals surface area contributed by atoms with Crippen LogP contribution in [0, 0.1) is 19.4 Å². The molecule has 1 heterocycles. The summed E-state index contributed by atoms with van der Waals surface area (Å²) in [6.07, 6.45) is 2.52. The van der Waals surface area contributed by atoms with E-state index in [4.69, 9.17) is 22.9 Å². The predicted octanol–water partition coefficient (Wildman–Crippen LogP) is 5.25. The highest BCUT2D eigenvalue weighted by Gasteiger charge is 2.36. The summed E-state index contributed by atoms with van der Waals surface area (Å²) in [5.74, 6) is 1.31. The molecule has 1 aromatic carbocycles. The molecule has 4 nitrogen and oxygen atoms in total. The van der Waals surface area contributed by atoms with Crippen LogP contribution >= 0.6 is 11.6 Å². The van der Waals surface area contributed by atoms with Crippen molar-refractivity contribution in [2.45, 2.75) is 39.7 Å². The number of halogens is 1. The van der Waals surface area contributed by atoms with E-state index in [1.807, 2.05) is 38.1 Å². The number of hydrogen-bond acceptors (Lipinski definition) is 3. The Hall–Kier alpha value is -2.12. The first kappa shape index (κ1) is 18.2. The van der Waals surface area contributed by atoms with Crippen LogP contribution in [0.2, 0.25) is 5.28 Å². The van der Waals surface area contributed by atoms with Crippen LogP contribution in [-0.2, 0) is 0 Å². The van der Waals surface area contributed by atoms with Crippen molar-refractivity contribution in [3.05, 3.63) is 46.2 Å². The SMILES string of the molecule is C#[N+][C@](C)(COc1ccc(-c2ccnc(Cl)n2)cc1C)CC(C)C. The molecule has 24 heavy (non-hydrogen) atoms. The van der Waals surface area contributed by atoms with Gasteiger partial charge >= 0.3 is 5.54 Å². The molecule has 1 aromatic heterocycles. The predicted molar refractivity (Wildman–Crippen MR) is 98.9 cm³/mol. The van der Waals surface area contributed by atoms with E-state index in [9.17, 15) is 0 Å². The van der Waals surface area contributed by atoms with Gasteiger partial charge in [0.15, 0.2) is 6.61 Å². The minimum absolute atomic E-state index is 0.236. The summed E-state index contributed by atoms with van der Waals surface area (Å²) in [7, 11) is 0. The van der Waals surface area contributed by atoms with Crippen LogP contribution in [0.1, 0.15) is 32.8 Å². The summed E-state index contributed by atoms with van der Waals surface area (Å²) in [5.41, 5.74) is 2.38. The van der Waals surface area contributed by atoms with E-state index in [1.165, 1.54) is 0 Å². The van der Waals surface area contributed by atoms with Crippen LogP contribution in [0.25, 0.3) is 16.1 Å². The molecule has 0 unspecified atom stereocenters. The number of benzene rings is 1. The van der Waals surface area contributed by atoms with Crippen LogP contribution < -0.4 is 4.74 Å². The molecule has 2 aromatic rings. The quantitative estimate of drug-likeness (QED) is 0.672.